The summed E-state index contributed by atoms with van der Waals surface area (Å²) in [5, 5.41) is 2.81. The van der Waals surface area contributed by atoms with Crippen molar-refractivity contribution in [2.24, 2.45) is 0 Å². The van der Waals surface area contributed by atoms with E-state index in [1.54, 1.807) is 26.0 Å². The highest BCUT2D eigenvalue weighted by Crippen LogP contribution is 2.18. The van der Waals surface area contributed by atoms with Crippen LogP contribution in [0.25, 0.3) is 5.78 Å². The van der Waals surface area contributed by atoms with E-state index in [1.807, 2.05) is 0 Å². The molecular formula is C21H17F2N5O2. The number of amides is 1. The van der Waals surface area contributed by atoms with Crippen LogP contribution in [0.15, 0.2) is 53.3 Å². The number of carbonyl (C=O) groups is 1. The van der Waals surface area contributed by atoms with E-state index in [2.05, 4.69) is 15.1 Å². The summed E-state index contributed by atoms with van der Waals surface area (Å²) in [6.07, 6.45) is 0. The van der Waals surface area contributed by atoms with E-state index in [0.717, 1.165) is 4.52 Å². The Bertz CT molecular complexity index is 1290. The molecule has 1 amide bonds. The summed E-state index contributed by atoms with van der Waals surface area (Å²) in [6, 6.07) is 10.7. The van der Waals surface area contributed by atoms with E-state index in [-0.39, 0.29) is 29.4 Å². The van der Waals surface area contributed by atoms with Crippen LogP contribution in [0.1, 0.15) is 27.2 Å². The molecule has 152 valence electrons. The van der Waals surface area contributed by atoms with Gasteiger partial charge in [0, 0.05) is 16.8 Å². The van der Waals surface area contributed by atoms with Crippen LogP contribution in [-0.2, 0) is 6.54 Å². The molecule has 0 aliphatic rings. The highest BCUT2D eigenvalue weighted by molar-refractivity contribution is 6.05. The van der Waals surface area contributed by atoms with Crippen molar-refractivity contribution in [2.75, 3.05) is 4.90 Å². The lowest BCUT2D eigenvalue weighted by Crippen LogP contribution is -2.31. The van der Waals surface area contributed by atoms with Gasteiger partial charge in [-0.15, -0.1) is 0 Å². The molecule has 0 aliphatic heterocycles. The summed E-state index contributed by atoms with van der Waals surface area (Å²) in [5.74, 6) is -1.14. The topological polar surface area (TPSA) is 83.4 Å². The Balaban J connectivity index is 1.82. The second kappa shape index (κ2) is 7.51. The molecule has 0 aliphatic carbocycles. The average Bonchev–Trinajstić information content (AvgIpc) is 3.15. The molecule has 0 fully saturated rings. The molecule has 1 N–H and O–H groups in total. The van der Waals surface area contributed by atoms with Crippen molar-refractivity contribution >= 4 is 17.6 Å². The van der Waals surface area contributed by atoms with Crippen molar-refractivity contribution in [1.29, 1.82) is 0 Å². The minimum atomic E-state index is -0.472. The van der Waals surface area contributed by atoms with Crippen LogP contribution in [0.3, 0.4) is 0 Å². The van der Waals surface area contributed by atoms with Crippen LogP contribution in [0, 0.1) is 25.5 Å². The van der Waals surface area contributed by atoms with Crippen molar-refractivity contribution in [1.82, 2.24) is 19.6 Å². The number of nitrogens with zero attached hydrogens (tertiary/aromatic N) is 4. The Morgan fingerprint density at radius 3 is 2.23 bits per heavy atom. The van der Waals surface area contributed by atoms with Gasteiger partial charge in [-0.2, -0.15) is 9.50 Å². The van der Waals surface area contributed by atoms with Crippen molar-refractivity contribution in [2.45, 2.75) is 20.4 Å². The highest BCUT2D eigenvalue weighted by Gasteiger charge is 2.23. The monoisotopic (exact) mass is 409 g/mol. The summed E-state index contributed by atoms with van der Waals surface area (Å²) in [5.41, 5.74) is 1.53. The van der Waals surface area contributed by atoms with Gasteiger partial charge in [-0.3, -0.25) is 19.6 Å². The average molecular weight is 409 g/mol. The Morgan fingerprint density at radius 2 is 1.60 bits per heavy atom. The summed E-state index contributed by atoms with van der Waals surface area (Å²) in [6.45, 7) is 3.39. The molecule has 0 unspecified atom stereocenters. The van der Waals surface area contributed by atoms with Crippen molar-refractivity contribution in [3.05, 3.63) is 92.9 Å². The van der Waals surface area contributed by atoms with E-state index in [4.69, 9.17) is 0 Å². The predicted octanol–water partition coefficient (Wildman–Crippen LogP) is 3.16. The molecule has 30 heavy (non-hydrogen) atoms. The van der Waals surface area contributed by atoms with Gasteiger partial charge < -0.3 is 0 Å². The third-order valence-corrected chi connectivity index (χ3v) is 4.80. The van der Waals surface area contributed by atoms with E-state index < -0.39 is 17.5 Å². The highest BCUT2D eigenvalue weighted by atomic mass is 19.1. The molecule has 0 bridgehead atoms. The molecule has 0 radical (unpaired) electrons. The molecule has 0 spiro atoms. The summed E-state index contributed by atoms with van der Waals surface area (Å²) in [7, 11) is 0. The normalized spacial score (nSPS) is 11.1. The van der Waals surface area contributed by atoms with Gasteiger partial charge in [0.1, 0.15) is 11.6 Å². The van der Waals surface area contributed by atoms with Crippen molar-refractivity contribution in [3.8, 4) is 0 Å². The number of rotatable bonds is 4. The quantitative estimate of drug-likeness (QED) is 0.561. The molecule has 4 rings (SSSR count). The molecule has 2 heterocycles. The fourth-order valence-electron chi connectivity index (χ4n) is 2.98. The number of halogens is 2. The summed E-state index contributed by atoms with van der Waals surface area (Å²) < 4.78 is 27.7. The first kappa shape index (κ1) is 19.4. The summed E-state index contributed by atoms with van der Waals surface area (Å²) in [4.78, 5) is 35.6. The number of aromatic nitrogens is 4. The molecule has 0 saturated carbocycles. The first-order valence-electron chi connectivity index (χ1n) is 9.11. The molecule has 4 aromatic rings. The van der Waals surface area contributed by atoms with E-state index in [9.17, 15) is 18.4 Å². The van der Waals surface area contributed by atoms with Gasteiger partial charge in [0.15, 0.2) is 0 Å². The maximum Gasteiger partial charge on any atom is 0.277 e. The SMILES string of the molecule is Cc1nc2nc(N(Cc3ccc(F)cc3)C(=O)c3ccc(F)cc3)[nH]n2c(=O)c1C. The minimum absolute atomic E-state index is 0.0447. The van der Waals surface area contributed by atoms with E-state index in [0.29, 0.717) is 16.8 Å². The number of carbonyl (C=O) groups excluding carboxylic acids is 1. The zero-order chi connectivity index (χ0) is 21.4. The van der Waals surface area contributed by atoms with Gasteiger partial charge in [-0.1, -0.05) is 12.1 Å². The smallest absolute Gasteiger partial charge is 0.272 e. The number of H-pyrrole nitrogens is 1. The number of aromatic amines is 1. The Morgan fingerprint density at radius 1 is 1.00 bits per heavy atom. The van der Waals surface area contributed by atoms with Crippen LogP contribution >= 0.6 is 0 Å². The fraction of sp³-hybridized carbons (Fsp3) is 0.143. The van der Waals surface area contributed by atoms with Crippen LogP contribution in [0.4, 0.5) is 14.7 Å². The third kappa shape index (κ3) is 3.57. The van der Waals surface area contributed by atoms with Gasteiger partial charge in [0.2, 0.25) is 5.95 Å². The largest absolute Gasteiger partial charge is 0.277 e. The van der Waals surface area contributed by atoms with E-state index in [1.165, 1.54) is 41.3 Å². The number of anilines is 1. The van der Waals surface area contributed by atoms with Gasteiger partial charge in [-0.05, 0) is 55.8 Å². The van der Waals surface area contributed by atoms with Gasteiger partial charge >= 0.3 is 0 Å². The summed E-state index contributed by atoms with van der Waals surface area (Å²) >= 11 is 0. The molecule has 7 nitrogen and oxygen atoms in total. The lowest BCUT2D eigenvalue weighted by molar-refractivity contribution is 0.0983. The molecule has 2 aromatic heterocycles. The van der Waals surface area contributed by atoms with Crippen molar-refractivity contribution in [3.63, 3.8) is 0 Å². The zero-order valence-electron chi connectivity index (χ0n) is 16.2. The predicted molar refractivity (Wildman–Crippen MR) is 106 cm³/mol. The maximum absolute atomic E-state index is 13.3. The van der Waals surface area contributed by atoms with Crippen LogP contribution in [0.5, 0.6) is 0 Å². The van der Waals surface area contributed by atoms with Crippen LogP contribution in [0.2, 0.25) is 0 Å². The molecular weight excluding hydrogens is 392 g/mol. The number of fused-ring (bicyclic) bond motifs is 1. The Labute approximate surface area is 169 Å². The van der Waals surface area contributed by atoms with Crippen LogP contribution < -0.4 is 10.5 Å². The van der Waals surface area contributed by atoms with Gasteiger partial charge in [-0.25, -0.2) is 13.8 Å². The first-order chi connectivity index (χ1) is 14.3. The second-order valence-electron chi connectivity index (χ2n) is 6.83. The molecule has 0 atom stereocenters. The number of nitrogens with one attached hydrogen (secondary N) is 1. The lowest BCUT2D eigenvalue weighted by Gasteiger charge is -2.20. The lowest BCUT2D eigenvalue weighted by atomic mass is 10.1. The van der Waals surface area contributed by atoms with E-state index >= 15 is 0 Å². The second-order valence-corrected chi connectivity index (χ2v) is 6.83. The Kier molecular flexibility index (Phi) is 4.86. The van der Waals surface area contributed by atoms with Gasteiger partial charge in [0.25, 0.3) is 17.2 Å². The van der Waals surface area contributed by atoms with Crippen molar-refractivity contribution < 1.29 is 13.6 Å². The molecule has 9 heteroatoms. The number of hydrogen-bond donors (Lipinski definition) is 1. The fourth-order valence-corrected chi connectivity index (χ4v) is 2.98. The Hall–Kier alpha value is -3.88. The first-order valence-corrected chi connectivity index (χ1v) is 9.11. The van der Waals surface area contributed by atoms with Gasteiger partial charge in [0.05, 0.1) is 6.54 Å². The molecule has 0 saturated heterocycles. The minimum Gasteiger partial charge on any atom is -0.272 e. The zero-order valence-corrected chi connectivity index (χ0v) is 16.2. The number of hydrogen-bond acceptors (Lipinski definition) is 4. The third-order valence-electron chi connectivity index (χ3n) is 4.80. The molecule has 2 aromatic carbocycles. The maximum atomic E-state index is 13.3. The van der Waals surface area contributed by atoms with Crippen LogP contribution in [-0.4, -0.2) is 25.5 Å². The number of aryl methyl sites for hydroxylation is 1. The number of benzene rings is 2. The standard InChI is InChI=1S/C21H17F2N5O2/c1-12-13(2)24-20-25-21(26-28(20)18(12)29)27(11-14-3-7-16(22)8-4-14)19(30)15-5-9-17(23)10-6-15/h3-10H,11H2,1-2H3,(H,24,25,26).